The number of para-hydroxylation sites is 1. The first-order chi connectivity index (χ1) is 20.1. The van der Waals surface area contributed by atoms with Gasteiger partial charge in [-0.25, -0.2) is 0 Å². The maximum Gasteiger partial charge on any atom is 0.255 e. The van der Waals surface area contributed by atoms with Crippen LogP contribution in [0.1, 0.15) is 56.5 Å². The van der Waals surface area contributed by atoms with E-state index < -0.39 is 18.0 Å². The first-order valence-corrected chi connectivity index (χ1v) is 14.7. The summed E-state index contributed by atoms with van der Waals surface area (Å²) in [5, 5.41) is 8.79. The van der Waals surface area contributed by atoms with Crippen LogP contribution in [-0.4, -0.2) is 78.6 Å². The molecule has 0 aromatic heterocycles. The second kappa shape index (κ2) is 14.3. The number of hydrogen-bond acceptors (Lipinski definition) is 6. The van der Waals surface area contributed by atoms with Crippen LogP contribution in [0.25, 0.3) is 0 Å². The van der Waals surface area contributed by atoms with Gasteiger partial charge in [-0.3, -0.25) is 19.2 Å². The van der Waals surface area contributed by atoms with Gasteiger partial charge in [0.1, 0.15) is 24.4 Å². The van der Waals surface area contributed by atoms with E-state index in [9.17, 15) is 19.2 Å². The highest BCUT2D eigenvalue weighted by Crippen LogP contribution is 2.21. The monoisotopic (exact) mass is 578 g/mol. The Bertz CT molecular complexity index is 1240. The maximum absolute atomic E-state index is 13.7. The summed E-state index contributed by atoms with van der Waals surface area (Å²) < 4.78 is 11.9. The van der Waals surface area contributed by atoms with Crippen molar-refractivity contribution in [2.24, 2.45) is 5.92 Å². The van der Waals surface area contributed by atoms with Crippen molar-refractivity contribution in [2.75, 3.05) is 19.7 Å². The SMILES string of the molecule is CC(C)[C@@H]1COc2ccccc2C(=O)N[C@H](C(=O)N2C[C@@H](C)O[C@@H](C)C2)CCC(=O)N[C@@H](Cc2ccccc2)C(=O)N1. The minimum atomic E-state index is -0.955. The summed E-state index contributed by atoms with van der Waals surface area (Å²) in [6.07, 6.45) is -0.00152. The van der Waals surface area contributed by atoms with Crippen LogP contribution in [0, 0.1) is 5.92 Å². The van der Waals surface area contributed by atoms with E-state index in [1.807, 2.05) is 58.0 Å². The number of carbonyl (C=O) groups is 4. The normalized spacial score (nSPS) is 26.1. The van der Waals surface area contributed by atoms with Crippen molar-refractivity contribution in [1.29, 1.82) is 0 Å². The van der Waals surface area contributed by atoms with Crippen LogP contribution < -0.4 is 20.7 Å². The van der Waals surface area contributed by atoms with Crippen LogP contribution in [-0.2, 0) is 25.5 Å². The van der Waals surface area contributed by atoms with Crippen molar-refractivity contribution in [1.82, 2.24) is 20.9 Å². The van der Waals surface area contributed by atoms with Crippen molar-refractivity contribution in [3.05, 3.63) is 65.7 Å². The third-order valence-electron chi connectivity index (χ3n) is 7.61. The molecule has 2 heterocycles. The Kier molecular flexibility index (Phi) is 10.6. The highest BCUT2D eigenvalue weighted by molar-refractivity contribution is 6.00. The fourth-order valence-electron chi connectivity index (χ4n) is 5.32. The van der Waals surface area contributed by atoms with E-state index in [2.05, 4.69) is 16.0 Å². The quantitative estimate of drug-likeness (QED) is 0.512. The van der Waals surface area contributed by atoms with Crippen LogP contribution in [0.2, 0.25) is 0 Å². The number of fused-ring (bicyclic) bond motifs is 1. The molecule has 1 fully saturated rings. The summed E-state index contributed by atoms with van der Waals surface area (Å²) in [5.41, 5.74) is 1.17. The molecule has 226 valence electrons. The zero-order valence-electron chi connectivity index (χ0n) is 24.8. The van der Waals surface area contributed by atoms with Crippen molar-refractivity contribution in [3.8, 4) is 5.75 Å². The number of ether oxygens (including phenoxy) is 2. The summed E-state index contributed by atoms with van der Waals surface area (Å²) in [7, 11) is 0. The molecule has 2 aliphatic heterocycles. The van der Waals surface area contributed by atoms with Crippen molar-refractivity contribution in [3.63, 3.8) is 0 Å². The van der Waals surface area contributed by atoms with Gasteiger partial charge in [0.25, 0.3) is 5.91 Å². The molecule has 0 aliphatic carbocycles. The van der Waals surface area contributed by atoms with E-state index in [1.165, 1.54) is 0 Å². The molecule has 4 rings (SSSR count). The zero-order chi connectivity index (χ0) is 30.2. The zero-order valence-corrected chi connectivity index (χ0v) is 24.8. The third-order valence-corrected chi connectivity index (χ3v) is 7.61. The molecule has 2 aliphatic rings. The predicted octanol–water partition coefficient (Wildman–Crippen LogP) is 2.46. The molecule has 4 amide bonds. The highest BCUT2D eigenvalue weighted by Gasteiger charge is 2.33. The highest BCUT2D eigenvalue weighted by atomic mass is 16.5. The van der Waals surface area contributed by atoms with Gasteiger partial charge in [0.15, 0.2) is 0 Å². The number of amides is 4. The summed E-state index contributed by atoms with van der Waals surface area (Å²) in [5.74, 6) is -1.09. The molecule has 3 N–H and O–H groups in total. The molecule has 1 saturated heterocycles. The average Bonchev–Trinajstić information content (AvgIpc) is 2.96. The molecule has 0 spiro atoms. The molecule has 2 aromatic carbocycles. The second-order valence-corrected chi connectivity index (χ2v) is 11.5. The van der Waals surface area contributed by atoms with Gasteiger partial charge < -0.3 is 30.3 Å². The van der Waals surface area contributed by atoms with Gasteiger partial charge in [-0.2, -0.15) is 0 Å². The Morgan fingerprint density at radius 1 is 0.929 bits per heavy atom. The van der Waals surface area contributed by atoms with Crippen LogP contribution in [0.5, 0.6) is 5.75 Å². The number of carbonyl (C=O) groups excluding carboxylic acids is 4. The Hall–Kier alpha value is -3.92. The molecule has 42 heavy (non-hydrogen) atoms. The minimum absolute atomic E-state index is 0.0130. The third kappa shape index (κ3) is 8.31. The molecule has 0 radical (unpaired) electrons. The topological polar surface area (TPSA) is 126 Å². The molecule has 0 bridgehead atoms. The fourth-order valence-corrected chi connectivity index (χ4v) is 5.32. The van der Waals surface area contributed by atoms with Gasteiger partial charge in [0, 0.05) is 25.9 Å². The van der Waals surface area contributed by atoms with Gasteiger partial charge in [0.05, 0.1) is 23.8 Å². The van der Waals surface area contributed by atoms with E-state index in [4.69, 9.17) is 9.47 Å². The Morgan fingerprint density at radius 2 is 1.60 bits per heavy atom. The molecule has 0 saturated carbocycles. The Balaban J connectivity index is 1.64. The summed E-state index contributed by atoms with van der Waals surface area (Å²) in [4.78, 5) is 55.7. The van der Waals surface area contributed by atoms with Crippen LogP contribution in [0.3, 0.4) is 0 Å². The Labute approximate surface area is 247 Å². The first kappa shape index (κ1) is 31.0. The lowest BCUT2D eigenvalue weighted by molar-refractivity contribution is -0.145. The lowest BCUT2D eigenvalue weighted by Gasteiger charge is -2.37. The molecular formula is C32H42N4O6. The second-order valence-electron chi connectivity index (χ2n) is 11.5. The lowest BCUT2D eigenvalue weighted by Crippen LogP contribution is -2.55. The van der Waals surface area contributed by atoms with Crippen molar-refractivity contribution >= 4 is 23.6 Å². The van der Waals surface area contributed by atoms with Gasteiger partial charge in [-0.05, 0) is 43.9 Å². The van der Waals surface area contributed by atoms with Crippen LogP contribution in [0.4, 0.5) is 0 Å². The van der Waals surface area contributed by atoms with E-state index >= 15 is 0 Å². The number of benzene rings is 2. The van der Waals surface area contributed by atoms with Gasteiger partial charge >= 0.3 is 0 Å². The molecule has 2 aromatic rings. The molecular weight excluding hydrogens is 536 g/mol. The number of rotatable bonds is 4. The lowest BCUT2D eigenvalue weighted by atomic mass is 10.0. The number of morpholine rings is 1. The fraction of sp³-hybridized carbons (Fsp3) is 0.500. The molecule has 10 heteroatoms. The molecule has 0 unspecified atom stereocenters. The summed E-state index contributed by atoms with van der Waals surface area (Å²) in [6, 6.07) is 14.1. The van der Waals surface area contributed by atoms with Gasteiger partial charge in [-0.15, -0.1) is 0 Å². The van der Waals surface area contributed by atoms with E-state index in [-0.39, 0.29) is 66.9 Å². The van der Waals surface area contributed by atoms with E-state index in [1.54, 1.807) is 29.2 Å². The molecule has 10 nitrogen and oxygen atoms in total. The van der Waals surface area contributed by atoms with E-state index in [0.29, 0.717) is 25.3 Å². The standard InChI is InChI=1S/C32H42N4O6/c1-20(2)27-19-41-28-13-9-8-12-24(28)30(38)34-25(32(40)36-17-21(3)42-22(4)18-36)14-15-29(37)33-26(31(39)35-27)16-23-10-6-5-7-11-23/h5-13,20-22,25-27H,14-19H2,1-4H3,(H,33,37)(H,34,38)(H,35,39)/t21-,22+,25-,26-,27-/m0/s1. The number of nitrogens with one attached hydrogen (secondary N) is 3. The van der Waals surface area contributed by atoms with Crippen LogP contribution >= 0.6 is 0 Å². The van der Waals surface area contributed by atoms with Gasteiger partial charge in [0.2, 0.25) is 17.7 Å². The van der Waals surface area contributed by atoms with E-state index in [0.717, 1.165) is 5.56 Å². The molecule has 5 atom stereocenters. The number of hydrogen-bond donors (Lipinski definition) is 3. The van der Waals surface area contributed by atoms with Crippen molar-refractivity contribution < 1.29 is 28.7 Å². The maximum atomic E-state index is 13.7. The van der Waals surface area contributed by atoms with Crippen molar-refractivity contribution in [2.45, 2.75) is 77.3 Å². The van der Waals surface area contributed by atoms with Crippen LogP contribution in [0.15, 0.2) is 54.6 Å². The first-order valence-electron chi connectivity index (χ1n) is 14.7. The van der Waals surface area contributed by atoms with Gasteiger partial charge in [-0.1, -0.05) is 56.3 Å². The minimum Gasteiger partial charge on any atom is -0.491 e. The summed E-state index contributed by atoms with van der Waals surface area (Å²) >= 11 is 0. The average molecular weight is 579 g/mol. The Morgan fingerprint density at radius 3 is 2.29 bits per heavy atom. The summed E-state index contributed by atoms with van der Waals surface area (Å²) in [6.45, 7) is 8.62. The largest absolute Gasteiger partial charge is 0.491 e. The number of nitrogens with zero attached hydrogens (tertiary/aromatic N) is 1. The predicted molar refractivity (Wildman–Crippen MR) is 158 cm³/mol. The smallest absolute Gasteiger partial charge is 0.255 e.